The molecule has 0 bridgehead atoms. The number of hydrogen-bond acceptors (Lipinski definition) is 4. The fraction of sp³-hybridized carbons (Fsp3) is 0.571. The van der Waals surface area contributed by atoms with E-state index in [1.807, 2.05) is 12.1 Å². The van der Waals surface area contributed by atoms with Crippen LogP contribution in [0.1, 0.15) is 51.2 Å². The molecule has 27 heavy (non-hydrogen) atoms. The molecule has 0 saturated carbocycles. The Bertz CT molecular complexity index is 713. The lowest BCUT2D eigenvalue weighted by atomic mass is 10.0. The first-order chi connectivity index (χ1) is 12.7. The number of hydrazine groups is 1. The van der Waals surface area contributed by atoms with E-state index in [4.69, 9.17) is 4.74 Å². The van der Waals surface area contributed by atoms with Gasteiger partial charge in [0.25, 0.3) is 5.91 Å². The lowest BCUT2D eigenvalue weighted by Crippen LogP contribution is -2.46. The summed E-state index contributed by atoms with van der Waals surface area (Å²) in [6.07, 6.45) is 2.63. The van der Waals surface area contributed by atoms with Gasteiger partial charge in [0.05, 0.1) is 0 Å². The van der Waals surface area contributed by atoms with Crippen LogP contribution in [0.2, 0.25) is 0 Å². The number of carbonyl (C=O) groups is 3. The van der Waals surface area contributed by atoms with Crippen LogP contribution in [0.3, 0.4) is 0 Å². The van der Waals surface area contributed by atoms with Crippen LogP contribution in [0.4, 0.5) is 0 Å². The molecule has 1 aromatic carbocycles. The van der Waals surface area contributed by atoms with Crippen molar-refractivity contribution >= 4 is 17.8 Å². The Balaban J connectivity index is 1.55. The van der Waals surface area contributed by atoms with E-state index in [-0.39, 0.29) is 24.2 Å². The molecule has 1 aromatic rings. The SMILES string of the molecule is CC(C)(C)OC(=O)CC(=O)N1CCCN1C(=O)CC1Cc2ccccc2C1. The molecule has 0 radical (unpaired) electrons. The molecule has 2 aliphatic rings. The minimum Gasteiger partial charge on any atom is -0.460 e. The fourth-order valence-electron chi connectivity index (χ4n) is 3.87. The fourth-order valence-corrected chi connectivity index (χ4v) is 3.87. The van der Waals surface area contributed by atoms with E-state index in [0.29, 0.717) is 19.5 Å². The molecule has 1 fully saturated rings. The zero-order valence-corrected chi connectivity index (χ0v) is 16.4. The molecule has 0 N–H and O–H groups in total. The molecule has 0 aromatic heterocycles. The summed E-state index contributed by atoms with van der Waals surface area (Å²) in [7, 11) is 0. The summed E-state index contributed by atoms with van der Waals surface area (Å²) in [5.41, 5.74) is 2.00. The lowest BCUT2D eigenvalue weighted by molar-refractivity contribution is -0.166. The first-order valence-corrected chi connectivity index (χ1v) is 9.62. The number of ether oxygens (including phenoxy) is 1. The summed E-state index contributed by atoms with van der Waals surface area (Å²) < 4.78 is 5.22. The second-order valence-corrected chi connectivity index (χ2v) is 8.40. The van der Waals surface area contributed by atoms with Crippen molar-refractivity contribution in [1.82, 2.24) is 10.0 Å². The van der Waals surface area contributed by atoms with Crippen LogP contribution in [0.15, 0.2) is 24.3 Å². The third-order valence-electron chi connectivity index (χ3n) is 4.92. The Morgan fingerprint density at radius 1 is 1.00 bits per heavy atom. The number of fused-ring (bicyclic) bond motifs is 1. The first-order valence-electron chi connectivity index (χ1n) is 9.62. The van der Waals surface area contributed by atoms with Gasteiger partial charge in [-0.2, -0.15) is 0 Å². The highest BCUT2D eigenvalue weighted by molar-refractivity contribution is 5.95. The van der Waals surface area contributed by atoms with Gasteiger partial charge >= 0.3 is 5.97 Å². The van der Waals surface area contributed by atoms with Gasteiger partial charge in [0.15, 0.2) is 0 Å². The Kier molecular flexibility index (Phi) is 5.53. The van der Waals surface area contributed by atoms with Crippen molar-refractivity contribution in [2.75, 3.05) is 13.1 Å². The highest BCUT2D eigenvalue weighted by atomic mass is 16.6. The number of carbonyl (C=O) groups excluding carboxylic acids is 3. The lowest BCUT2D eigenvalue weighted by Gasteiger charge is -2.29. The zero-order chi connectivity index (χ0) is 19.6. The molecule has 1 aliphatic carbocycles. The molecular formula is C21H28N2O4. The van der Waals surface area contributed by atoms with Gasteiger partial charge < -0.3 is 4.74 Å². The molecule has 0 atom stereocenters. The normalized spacial score (nSPS) is 17.1. The van der Waals surface area contributed by atoms with Crippen molar-refractivity contribution in [2.24, 2.45) is 5.92 Å². The van der Waals surface area contributed by atoms with Crippen molar-refractivity contribution in [3.63, 3.8) is 0 Å². The van der Waals surface area contributed by atoms with Gasteiger partial charge in [-0.3, -0.25) is 24.4 Å². The predicted molar refractivity (Wildman–Crippen MR) is 100 cm³/mol. The molecule has 1 heterocycles. The van der Waals surface area contributed by atoms with E-state index in [1.54, 1.807) is 20.8 Å². The summed E-state index contributed by atoms with van der Waals surface area (Å²) in [4.78, 5) is 37.2. The summed E-state index contributed by atoms with van der Waals surface area (Å²) >= 11 is 0. The minimum absolute atomic E-state index is 0.0390. The van der Waals surface area contributed by atoms with Crippen LogP contribution in [-0.2, 0) is 32.0 Å². The maximum Gasteiger partial charge on any atom is 0.315 e. The second-order valence-electron chi connectivity index (χ2n) is 8.40. The summed E-state index contributed by atoms with van der Waals surface area (Å²) in [5, 5.41) is 2.95. The maximum atomic E-state index is 12.8. The van der Waals surface area contributed by atoms with Crippen LogP contribution in [-0.4, -0.2) is 46.5 Å². The van der Waals surface area contributed by atoms with Crippen LogP contribution in [0, 0.1) is 5.92 Å². The predicted octanol–water partition coefficient (Wildman–Crippen LogP) is 2.50. The summed E-state index contributed by atoms with van der Waals surface area (Å²) in [6, 6.07) is 8.29. The van der Waals surface area contributed by atoms with Crippen LogP contribution in [0.25, 0.3) is 0 Å². The van der Waals surface area contributed by atoms with Gasteiger partial charge in [0, 0.05) is 19.5 Å². The maximum absolute atomic E-state index is 12.8. The number of amides is 2. The number of rotatable bonds is 4. The molecule has 0 spiro atoms. The Hall–Kier alpha value is -2.37. The molecule has 2 amide bonds. The molecule has 146 valence electrons. The average molecular weight is 372 g/mol. The van der Waals surface area contributed by atoms with Crippen molar-refractivity contribution < 1.29 is 19.1 Å². The van der Waals surface area contributed by atoms with Crippen molar-refractivity contribution in [1.29, 1.82) is 0 Å². The molecule has 3 rings (SSSR count). The largest absolute Gasteiger partial charge is 0.460 e. The van der Waals surface area contributed by atoms with Crippen molar-refractivity contribution in [2.45, 2.75) is 58.5 Å². The summed E-state index contributed by atoms with van der Waals surface area (Å²) in [6.45, 7) is 6.29. The number of benzene rings is 1. The summed E-state index contributed by atoms with van der Waals surface area (Å²) in [5.74, 6) is -0.691. The van der Waals surface area contributed by atoms with Gasteiger partial charge in [0.1, 0.15) is 12.0 Å². The van der Waals surface area contributed by atoms with E-state index in [0.717, 1.165) is 19.3 Å². The van der Waals surface area contributed by atoms with Gasteiger partial charge in [-0.1, -0.05) is 24.3 Å². The smallest absolute Gasteiger partial charge is 0.315 e. The van der Waals surface area contributed by atoms with E-state index in [1.165, 1.54) is 21.1 Å². The average Bonchev–Trinajstić information content (AvgIpc) is 3.19. The van der Waals surface area contributed by atoms with E-state index in [9.17, 15) is 14.4 Å². The number of hydrogen-bond donors (Lipinski definition) is 0. The highest BCUT2D eigenvalue weighted by Gasteiger charge is 2.34. The van der Waals surface area contributed by atoms with Gasteiger partial charge in [-0.15, -0.1) is 0 Å². The Labute approximate surface area is 160 Å². The Morgan fingerprint density at radius 2 is 1.56 bits per heavy atom. The van der Waals surface area contributed by atoms with E-state index < -0.39 is 11.6 Å². The highest BCUT2D eigenvalue weighted by Crippen LogP contribution is 2.29. The molecular weight excluding hydrogens is 344 g/mol. The van der Waals surface area contributed by atoms with Crippen LogP contribution >= 0.6 is 0 Å². The van der Waals surface area contributed by atoms with Crippen LogP contribution < -0.4 is 0 Å². The van der Waals surface area contributed by atoms with E-state index in [2.05, 4.69) is 12.1 Å². The first kappa shape index (κ1) is 19.4. The molecule has 6 nitrogen and oxygen atoms in total. The second kappa shape index (κ2) is 7.71. The Morgan fingerprint density at radius 3 is 2.11 bits per heavy atom. The molecule has 6 heteroatoms. The van der Waals surface area contributed by atoms with Gasteiger partial charge in [0.2, 0.25) is 5.91 Å². The quantitative estimate of drug-likeness (QED) is 0.602. The van der Waals surface area contributed by atoms with Gasteiger partial charge in [-0.25, -0.2) is 0 Å². The molecule has 1 aliphatic heterocycles. The number of nitrogens with zero attached hydrogens (tertiary/aromatic N) is 2. The third kappa shape index (κ3) is 4.87. The topological polar surface area (TPSA) is 66.9 Å². The molecule has 0 unspecified atom stereocenters. The monoisotopic (exact) mass is 372 g/mol. The minimum atomic E-state index is -0.630. The number of esters is 1. The van der Waals surface area contributed by atoms with Crippen LogP contribution in [0.5, 0.6) is 0 Å². The third-order valence-corrected chi connectivity index (χ3v) is 4.92. The van der Waals surface area contributed by atoms with Gasteiger partial charge in [-0.05, 0) is 57.1 Å². The zero-order valence-electron chi connectivity index (χ0n) is 16.4. The standard InChI is InChI=1S/C21H28N2O4/c1-21(2,3)27-20(26)14-19(25)23-10-6-9-22(23)18(24)13-15-11-16-7-4-5-8-17(16)12-15/h4-5,7-8,15H,6,9-14H2,1-3H3. The molecule has 1 saturated heterocycles. The van der Waals surface area contributed by atoms with Crippen molar-refractivity contribution in [3.05, 3.63) is 35.4 Å². The van der Waals surface area contributed by atoms with Crippen molar-refractivity contribution in [3.8, 4) is 0 Å². The van der Waals surface area contributed by atoms with E-state index >= 15 is 0 Å².